The Morgan fingerprint density at radius 2 is 2.47 bits per heavy atom. The van der Waals surface area contributed by atoms with Crippen LogP contribution in [0.3, 0.4) is 0 Å². The molecule has 1 fully saturated rings. The molecule has 106 valence electrons. The molecule has 0 saturated carbocycles. The van der Waals surface area contributed by atoms with Gasteiger partial charge in [0.05, 0.1) is 12.6 Å². The number of carbonyl (C=O) groups is 1. The van der Waals surface area contributed by atoms with E-state index in [1.54, 1.807) is 11.3 Å². The van der Waals surface area contributed by atoms with Crippen molar-refractivity contribution in [2.45, 2.75) is 31.8 Å². The minimum Gasteiger partial charge on any atom is -0.348 e. The van der Waals surface area contributed by atoms with Crippen LogP contribution in [-0.4, -0.2) is 43.5 Å². The van der Waals surface area contributed by atoms with Gasteiger partial charge in [-0.15, -0.1) is 11.3 Å². The molecule has 0 bridgehead atoms. The molecule has 4 nitrogen and oxygen atoms in total. The number of nitrogens with zero attached hydrogens (tertiary/aromatic N) is 1. The van der Waals surface area contributed by atoms with Gasteiger partial charge in [-0.3, -0.25) is 9.69 Å². The van der Waals surface area contributed by atoms with E-state index in [2.05, 4.69) is 21.6 Å². The van der Waals surface area contributed by atoms with E-state index < -0.39 is 0 Å². The summed E-state index contributed by atoms with van der Waals surface area (Å²) < 4.78 is 0. The number of carbonyl (C=O) groups excluding carboxylic acids is 1. The number of likely N-dealkylation sites (N-methyl/N-ethyl adjacent to an activating group) is 1. The Bertz CT molecular complexity index is 393. The molecule has 5 heteroatoms. The van der Waals surface area contributed by atoms with Crippen molar-refractivity contribution < 1.29 is 4.79 Å². The third-order valence-electron chi connectivity index (χ3n) is 3.63. The topological polar surface area (TPSA) is 44.4 Å². The van der Waals surface area contributed by atoms with E-state index in [0.29, 0.717) is 12.6 Å². The second kappa shape index (κ2) is 7.03. The van der Waals surface area contributed by atoms with Crippen molar-refractivity contribution in [2.24, 2.45) is 0 Å². The minimum atomic E-state index is 0.109. The number of thiophene rings is 1. The molecular weight excluding hydrogens is 258 g/mol. The van der Waals surface area contributed by atoms with Crippen LogP contribution in [0.15, 0.2) is 17.5 Å². The summed E-state index contributed by atoms with van der Waals surface area (Å²) in [6.07, 6.45) is 2.37. The molecule has 1 aromatic heterocycles. The lowest BCUT2D eigenvalue weighted by Gasteiger charge is -2.32. The standard InChI is InChI=1S/C14H23N3OS/c1-11(13-6-4-8-19-13)16-14(18)10-17-7-3-5-12(9-17)15-2/h4,6,8,11-12,15H,3,5,7,9-10H2,1-2H3,(H,16,18). The highest BCUT2D eigenvalue weighted by atomic mass is 32.1. The van der Waals surface area contributed by atoms with Crippen molar-refractivity contribution in [1.29, 1.82) is 0 Å². The Labute approximate surface area is 119 Å². The van der Waals surface area contributed by atoms with Crippen molar-refractivity contribution in [3.63, 3.8) is 0 Å². The van der Waals surface area contributed by atoms with Crippen LogP contribution in [0.25, 0.3) is 0 Å². The zero-order chi connectivity index (χ0) is 13.7. The van der Waals surface area contributed by atoms with E-state index in [9.17, 15) is 4.79 Å². The monoisotopic (exact) mass is 281 g/mol. The molecule has 2 unspecified atom stereocenters. The second-order valence-electron chi connectivity index (χ2n) is 5.17. The predicted octanol–water partition coefficient (Wildman–Crippen LogP) is 1.61. The summed E-state index contributed by atoms with van der Waals surface area (Å²) in [4.78, 5) is 15.5. The summed E-state index contributed by atoms with van der Waals surface area (Å²) in [5.74, 6) is 0.123. The number of piperidine rings is 1. The maximum Gasteiger partial charge on any atom is 0.234 e. The summed E-state index contributed by atoms with van der Waals surface area (Å²) in [5, 5.41) is 8.41. The molecule has 2 rings (SSSR count). The van der Waals surface area contributed by atoms with Crippen molar-refractivity contribution in [3.8, 4) is 0 Å². The lowest BCUT2D eigenvalue weighted by Crippen LogP contribution is -2.48. The van der Waals surface area contributed by atoms with E-state index in [4.69, 9.17) is 0 Å². The molecule has 19 heavy (non-hydrogen) atoms. The van der Waals surface area contributed by atoms with Crippen molar-refractivity contribution in [3.05, 3.63) is 22.4 Å². The average molecular weight is 281 g/mol. The van der Waals surface area contributed by atoms with Gasteiger partial charge in [0.2, 0.25) is 5.91 Å². The molecule has 1 aliphatic rings. The molecule has 1 saturated heterocycles. The van der Waals surface area contributed by atoms with Crippen LogP contribution in [0, 0.1) is 0 Å². The molecule has 0 aromatic carbocycles. The van der Waals surface area contributed by atoms with E-state index in [1.807, 2.05) is 25.4 Å². The zero-order valence-electron chi connectivity index (χ0n) is 11.7. The van der Waals surface area contributed by atoms with Crippen LogP contribution in [-0.2, 0) is 4.79 Å². The smallest absolute Gasteiger partial charge is 0.234 e. The Morgan fingerprint density at radius 1 is 1.63 bits per heavy atom. The van der Waals surface area contributed by atoms with Crippen molar-refractivity contribution >= 4 is 17.2 Å². The number of nitrogens with one attached hydrogen (secondary N) is 2. The number of likely N-dealkylation sites (tertiary alicyclic amines) is 1. The first-order valence-electron chi connectivity index (χ1n) is 6.91. The van der Waals surface area contributed by atoms with Crippen LogP contribution < -0.4 is 10.6 Å². The fourth-order valence-electron chi connectivity index (χ4n) is 2.53. The van der Waals surface area contributed by atoms with Crippen LogP contribution in [0.5, 0.6) is 0 Å². The lowest BCUT2D eigenvalue weighted by atomic mass is 10.1. The molecule has 2 N–H and O–H groups in total. The van der Waals surface area contributed by atoms with Gasteiger partial charge in [0.1, 0.15) is 0 Å². The summed E-state index contributed by atoms with van der Waals surface area (Å²) in [6.45, 7) is 4.54. The highest BCUT2D eigenvalue weighted by molar-refractivity contribution is 7.10. The molecular formula is C14H23N3OS. The second-order valence-corrected chi connectivity index (χ2v) is 6.15. The number of hydrogen-bond acceptors (Lipinski definition) is 4. The molecule has 1 amide bonds. The third kappa shape index (κ3) is 4.30. The van der Waals surface area contributed by atoms with Crippen LogP contribution in [0.1, 0.15) is 30.7 Å². The van der Waals surface area contributed by atoms with Gasteiger partial charge in [0.25, 0.3) is 0 Å². The first-order chi connectivity index (χ1) is 9.19. The third-order valence-corrected chi connectivity index (χ3v) is 4.68. The summed E-state index contributed by atoms with van der Waals surface area (Å²) in [6, 6.07) is 4.71. The van der Waals surface area contributed by atoms with Gasteiger partial charge in [0, 0.05) is 17.5 Å². The number of rotatable bonds is 5. The van der Waals surface area contributed by atoms with E-state index in [-0.39, 0.29) is 11.9 Å². The zero-order valence-corrected chi connectivity index (χ0v) is 12.5. The normalized spacial score (nSPS) is 22.1. The first-order valence-corrected chi connectivity index (χ1v) is 7.79. The lowest BCUT2D eigenvalue weighted by molar-refractivity contribution is -0.123. The van der Waals surface area contributed by atoms with Crippen LogP contribution >= 0.6 is 11.3 Å². The molecule has 2 atom stereocenters. The first kappa shape index (κ1) is 14.5. The Hall–Kier alpha value is -0.910. The van der Waals surface area contributed by atoms with E-state index in [1.165, 1.54) is 17.7 Å². The fourth-order valence-corrected chi connectivity index (χ4v) is 3.27. The highest BCUT2D eigenvalue weighted by Crippen LogP contribution is 2.18. The van der Waals surface area contributed by atoms with Gasteiger partial charge in [-0.05, 0) is 44.8 Å². The van der Waals surface area contributed by atoms with Crippen LogP contribution in [0.2, 0.25) is 0 Å². The quantitative estimate of drug-likeness (QED) is 0.862. The van der Waals surface area contributed by atoms with Gasteiger partial charge in [-0.2, -0.15) is 0 Å². The molecule has 0 radical (unpaired) electrons. The molecule has 0 aliphatic carbocycles. The maximum absolute atomic E-state index is 12.0. The van der Waals surface area contributed by atoms with Crippen molar-refractivity contribution in [2.75, 3.05) is 26.7 Å². The van der Waals surface area contributed by atoms with Gasteiger partial charge in [-0.1, -0.05) is 6.07 Å². The predicted molar refractivity (Wildman–Crippen MR) is 79.4 cm³/mol. The Kier molecular flexibility index (Phi) is 5.36. The molecule has 2 heterocycles. The number of amides is 1. The molecule has 1 aliphatic heterocycles. The maximum atomic E-state index is 12.0. The molecule has 1 aromatic rings. The highest BCUT2D eigenvalue weighted by Gasteiger charge is 2.21. The van der Waals surface area contributed by atoms with Crippen LogP contribution in [0.4, 0.5) is 0 Å². The Morgan fingerprint density at radius 3 is 3.16 bits per heavy atom. The van der Waals surface area contributed by atoms with Gasteiger partial charge < -0.3 is 10.6 Å². The fraction of sp³-hybridized carbons (Fsp3) is 0.643. The minimum absolute atomic E-state index is 0.109. The van der Waals surface area contributed by atoms with Crippen molar-refractivity contribution in [1.82, 2.24) is 15.5 Å². The van der Waals surface area contributed by atoms with Gasteiger partial charge in [0.15, 0.2) is 0 Å². The summed E-state index contributed by atoms with van der Waals surface area (Å²) >= 11 is 1.68. The largest absolute Gasteiger partial charge is 0.348 e. The van der Waals surface area contributed by atoms with Gasteiger partial charge >= 0.3 is 0 Å². The Balaban J connectivity index is 1.77. The summed E-state index contributed by atoms with van der Waals surface area (Å²) in [7, 11) is 1.99. The van der Waals surface area contributed by atoms with E-state index >= 15 is 0 Å². The average Bonchev–Trinajstić information content (AvgIpc) is 2.92. The summed E-state index contributed by atoms with van der Waals surface area (Å²) in [5.41, 5.74) is 0. The van der Waals surface area contributed by atoms with E-state index in [0.717, 1.165) is 13.1 Å². The molecule has 0 spiro atoms. The number of hydrogen-bond donors (Lipinski definition) is 2. The SMILES string of the molecule is CNC1CCCN(CC(=O)NC(C)c2cccs2)C1. The van der Waals surface area contributed by atoms with Gasteiger partial charge in [-0.25, -0.2) is 0 Å².